The SMILES string of the molecule is CC1CN(Cc2ccccc2NC(=O)C2CC2c2ccc(C(F)(F)F)cc2)CC(C)O1. The summed E-state index contributed by atoms with van der Waals surface area (Å²) in [5, 5.41) is 3.04. The number of anilines is 1. The molecule has 4 atom stereocenters. The van der Waals surface area contributed by atoms with E-state index in [0.29, 0.717) is 6.42 Å². The van der Waals surface area contributed by atoms with Gasteiger partial charge in [-0.05, 0) is 55.5 Å². The molecule has 0 spiro atoms. The van der Waals surface area contributed by atoms with E-state index in [1.807, 2.05) is 24.3 Å². The van der Waals surface area contributed by atoms with Gasteiger partial charge in [0.25, 0.3) is 0 Å². The highest BCUT2D eigenvalue weighted by Crippen LogP contribution is 2.48. The van der Waals surface area contributed by atoms with E-state index in [1.165, 1.54) is 12.1 Å². The zero-order chi connectivity index (χ0) is 22.2. The summed E-state index contributed by atoms with van der Waals surface area (Å²) in [6, 6.07) is 12.9. The third kappa shape index (κ3) is 5.28. The van der Waals surface area contributed by atoms with E-state index in [4.69, 9.17) is 4.74 Å². The molecule has 31 heavy (non-hydrogen) atoms. The number of amides is 1. The maximum absolute atomic E-state index is 12.8. The number of benzene rings is 2. The highest BCUT2D eigenvalue weighted by molar-refractivity contribution is 5.95. The quantitative estimate of drug-likeness (QED) is 0.718. The van der Waals surface area contributed by atoms with Gasteiger partial charge in [-0.3, -0.25) is 9.69 Å². The Kier molecular flexibility index (Phi) is 6.08. The summed E-state index contributed by atoms with van der Waals surface area (Å²) in [4.78, 5) is 15.1. The van der Waals surface area contributed by atoms with Gasteiger partial charge in [0.15, 0.2) is 0 Å². The molecular weight excluding hydrogens is 405 g/mol. The second kappa shape index (κ2) is 8.63. The predicted molar refractivity (Wildman–Crippen MR) is 113 cm³/mol. The van der Waals surface area contributed by atoms with Crippen LogP contribution in [-0.4, -0.2) is 36.1 Å². The largest absolute Gasteiger partial charge is 0.416 e. The van der Waals surface area contributed by atoms with Gasteiger partial charge >= 0.3 is 6.18 Å². The molecule has 4 unspecified atom stereocenters. The molecule has 2 fully saturated rings. The maximum Gasteiger partial charge on any atom is 0.416 e. The normalized spacial score (nSPS) is 26.5. The van der Waals surface area contributed by atoms with Crippen LogP contribution < -0.4 is 5.32 Å². The minimum atomic E-state index is -4.35. The molecule has 2 aromatic rings. The van der Waals surface area contributed by atoms with Gasteiger partial charge in [0.2, 0.25) is 5.91 Å². The molecule has 1 aliphatic heterocycles. The summed E-state index contributed by atoms with van der Waals surface area (Å²) < 4.78 is 44.1. The summed E-state index contributed by atoms with van der Waals surface area (Å²) >= 11 is 0. The lowest BCUT2D eigenvalue weighted by Gasteiger charge is -2.35. The molecular formula is C24H27F3N2O2. The van der Waals surface area contributed by atoms with Crippen LogP contribution in [0.1, 0.15) is 42.9 Å². The van der Waals surface area contributed by atoms with Crippen molar-refractivity contribution >= 4 is 11.6 Å². The van der Waals surface area contributed by atoms with Crippen molar-refractivity contribution in [2.24, 2.45) is 5.92 Å². The molecule has 7 heteroatoms. The summed E-state index contributed by atoms with van der Waals surface area (Å²) in [6.45, 7) is 6.52. The topological polar surface area (TPSA) is 41.6 Å². The first kappa shape index (κ1) is 21.8. The molecule has 2 aliphatic rings. The van der Waals surface area contributed by atoms with Crippen LogP contribution in [0.4, 0.5) is 18.9 Å². The van der Waals surface area contributed by atoms with E-state index < -0.39 is 11.7 Å². The van der Waals surface area contributed by atoms with Crippen LogP contribution in [0.25, 0.3) is 0 Å². The average Bonchev–Trinajstić information content (AvgIpc) is 3.49. The Morgan fingerprint density at radius 2 is 1.71 bits per heavy atom. The molecule has 2 aromatic carbocycles. The van der Waals surface area contributed by atoms with E-state index in [0.717, 1.165) is 48.6 Å². The Labute approximate surface area is 180 Å². The minimum Gasteiger partial charge on any atom is -0.373 e. The number of nitrogens with zero attached hydrogens (tertiary/aromatic N) is 1. The Morgan fingerprint density at radius 3 is 2.35 bits per heavy atom. The Bertz CT molecular complexity index is 919. The first-order chi connectivity index (χ1) is 14.7. The highest BCUT2D eigenvalue weighted by Gasteiger charge is 2.44. The van der Waals surface area contributed by atoms with Gasteiger partial charge in [-0.25, -0.2) is 0 Å². The fourth-order valence-corrected chi connectivity index (χ4v) is 4.43. The van der Waals surface area contributed by atoms with Gasteiger partial charge in [-0.15, -0.1) is 0 Å². The van der Waals surface area contributed by atoms with E-state index in [-0.39, 0.29) is 30.0 Å². The zero-order valence-electron chi connectivity index (χ0n) is 17.7. The molecule has 1 amide bonds. The van der Waals surface area contributed by atoms with Gasteiger partial charge in [-0.2, -0.15) is 13.2 Å². The second-order valence-corrected chi connectivity index (χ2v) is 8.67. The van der Waals surface area contributed by atoms with E-state index in [9.17, 15) is 18.0 Å². The van der Waals surface area contributed by atoms with Gasteiger partial charge in [0, 0.05) is 31.2 Å². The number of para-hydroxylation sites is 1. The number of alkyl halides is 3. The van der Waals surface area contributed by atoms with Crippen LogP contribution in [0.5, 0.6) is 0 Å². The zero-order valence-corrected chi connectivity index (χ0v) is 17.7. The van der Waals surface area contributed by atoms with Crippen LogP contribution in [0.2, 0.25) is 0 Å². The van der Waals surface area contributed by atoms with Crippen LogP contribution in [-0.2, 0) is 22.3 Å². The number of hydrogen-bond donors (Lipinski definition) is 1. The van der Waals surface area contributed by atoms with Crippen molar-refractivity contribution in [3.05, 3.63) is 65.2 Å². The summed E-state index contributed by atoms with van der Waals surface area (Å²) in [5.74, 6) is -0.329. The monoisotopic (exact) mass is 432 g/mol. The minimum absolute atomic E-state index is 0.0320. The first-order valence-corrected chi connectivity index (χ1v) is 10.6. The predicted octanol–water partition coefficient (Wildman–Crippen LogP) is 5.06. The summed E-state index contributed by atoms with van der Waals surface area (Å²) in [5.41, 5.74) is 1.94. The van der Waals surface area contributed by atoms with Crippen molar-refractivity contribution in [1.29, 1.82) is 0 Å². The fourth-order valence-electron chi connectivity index (χ4n) is 4.43. The molecule has 1 N–H and O–H groups in total. The highest BCUT2D eigenvalue weighted by atomic mass is 19.4. The third-order valence-electron chi connectivity index (χ3n) is 5.96. The van der Waals surface area contributed by atoms with Crippen LogP contribution in [0, 0.1) is 5.92 Å². The number of ether oxygens (including phenoxy) is 1. The number of carbonyl (C=O) groups excluding carboxylic acids is 1. The molecule has 4 nitrogen and oxygen atoms in total. The molecule has 0 radical (unpaired) electrons. The van der Waals surface area contributed by atoms with Crippen molar-refractivity contribution in [2.75, 3.05) is 18.4 Å². The average molecular weight is 432 g/mol. The van der Waals surface area contributed by atoms with Crippen LogP contribution >= 0.6 is 0 Å². The van der Waals surface area contributed by atoms with E-state index in [2.05, 4.69) is 24.1 Å². The molecule has 1 heterocycles. The fraction of sp³-hybridized carbons (Fsp3) is 0.458. The van der Waals surface area contributed by atoms with Gasteiger partial charge in [-0.1, -0.05) is 30.3 Å². The van der Waals surface area contributed by atoms with Crippen molar-refractivity contribution in [1.82, 2.24) is 4.90 Å². The lowest BCUT2D eigenvalue weighted by molar-refractivity contribution is -0.137. The molecule has 4 rings (SSSR count). The first-order valence-electron chi connectivity index (χ1n) is 10.6. The number of hydrogen-bond acceptors (Lipinski definition) is 3. The molecule has 0 aromatic heterocycles. The van der Waals surface area contributed by atoms with Crippen LogP contribution in [0.3, 0.4) is 0 Å². The molecule has 166 valence electrons. The lowest BCUT2D eigenvalue weighted by Crippen LogP contribution is -2.44. The Hall–Kier alpha value is -2.38. The summed E-state index contributed by atoms with van der Waals surface area (Å²) in [6.07, 6.45) is -3.36. The van der Waals surface area contributed by atoms with Gasteiger partial charge < -0.3 is 10.1 Å². The summed E-state index contributed by atoms with van der Waals surface area (Å²) in [7, 11) is 0. The molecule has 1 aliphatic carbocycles. The van der Waals surface area contributed by atoms with Crippen molar-refractivity contribution < 1.29 is 22.7 Å². The second-order valence-electron chi connectivity index (χ2n) is 8.67. The number of carbonyl (C=O) groups is 1. The van der Waals surface area contributed by atoms with Crippen LogP contribution in [0.15, 0.2) is 48.5 Å². The van der Waals surface area contributed by atoms with Crippen molar-refractivity contribution in [3.63, 3.8) is 0 Å². The third-order valence-corrected chi connectivity index (χ3v) is 5.96. The van der Waals surface area contributed by atoms with Gasteiger partial charge in [0.1, 0.15) is 0 Å². The number of rotatable bonds is 5. The van der Waals surface area contributed by atoms with Crippen molar-refractivity contribution in [2.45, 2.75) is 51.1 Å². The number of morpholine rings is 1. The van der Waals surface area contributed by atoms with E-state index in [1.54, 1.807) is 0 Å². The van der Waals surface area contributed by atoms with E-state index >= 15 is 0 Å². The maximum atomic E-state index is 12.8. The molecule has 0 bridgehead atoms. The standard InChI is InChI=1S/C24H27F3N2O2/c1-15-12-29(13-16(2)31-15)14-18-5-3-4-6-22(18)28-23(30)21-11-20(21)17-7-9-19(10-8-17)24(25,26)27/h3-10,15-16,20-21H,11-14H2,1-2H3,(H,28,30). The lowest BCUT2D eigenvalue weighted by atomic mass is 10.1. The number of halogens is 3. The Morgan fingerprint density at radius 1 is 1.06 bits per heavy atom. The Balaban J connectivity index is 1.39. The molecule has 1 saturated carbocycles. The van der Waals surface area contributed by atoms with Crippen molar-refractivity contribution in [3.8, 4) is 0 Å². The molecule has 1 saturated heterocycles. The number of nitrogens with one attached hydrogen (secondary N) is 1. The van der Waals surface area contributed by atoms with Gasteiger partial charge in [0.05, 0.1) is 17.8 Å². The smallest absolute Gasteiger partial charge is 0.373 e.